The predicted octanol–water partition coefficient (Wildman–Crippen LogP) is 0.933. The second-order valence-electron chi connectivity index (χ2n) is 2.97. The van der Waals surface area contributed by atoms with Crippen LogP contribution in [0.3, 0.4) is 0 Å². The number of amidine groups is 1. The normalized spacial score (nSPS) is 28.1. The number of nitrogens with zero attached hydrogens (tertiary/aromatic N) is 1. The van der Waals surface area contributed by atoms with Crippen molar-refractivity contribution in [1.29, 1.82) is 0 Å². The second-order valence-corrected chi connectivity index (χ2v) is 2.97. The molecule has 0 amide bonds. The highest BCUT2D eigenvalue weighted by molar-refractivity contribution is 5.77. The van der Waals surface area contributed by atoms with Gasteiger partial charge in [0.2, 0.25) is 0 Å². The van der Waals surface area contributed by atoms with E-state index in [9.17, 15) is 0 Å². The Morgan fingerprint density at radius 1 is 1.45 bits per heavy atom. The smallest absolute Gasteiger partial charge is 0.0909 e. The topological polar surface area (TPSA) is 47.6 Å². The fourth-order valence-corrected chi connectivity index (χ4v) is 1.30. The van der Waals surface area contributed by atoms with Gasteiger partial charge in [-0.3, -0.25) is 4.99 Å². The van der Waals surface area contributed by atoms with Crippen LogP contribution < -0.4 is 5.73 Å². The highest BCUT2D eigenvalue weighted by Crippen LogP contribution is 2.11. The average Bonchev–Trinajstić information content (AvgIpc) is 2.14. The van der Waals surface area contributed by atoms with Crippen molar-refractivity contribution >= 4 is 5.84 Å². The molecule has 1 rings (SSSR count). The van der Waals surface area contributed by atoms with Crippen molar-refractivity contribution in [1.82, 2.24) is 0 Å². The zero-order chi connectivity index (χ0) is 8.10. The van der Waals surface area contributed by atoms with E-state index in [0.29, 0.717) is 11.9 Å². The lowest BCUT2D eigenvalue weighted by Gasteiger charge is -2.06. The van der Waals surface area contributed by atoms with E-state index in [-0.39, 0.29) is 0 Å². The molecule has 0 aromatic rings. The lowest BCUT2D eigenvalue weighted by atomic mass is 10.1. The van der Waals surface area contributed by atoms with Crippen LogP contribution in [-0.4, -0.2) is 25.1 Å². The largest absolute Gasteiger partial charge is 0.388 e. The Morgan fingerprint density at radius 2 is 2.27 bits per heavy atom. The van der Waals surface area contributed by atoms with Gasteiger partial charge in [0.1, 0.15) is 0 Å². The van der Waals surface area contributed by atoms with Gasteiger partial charge in [0, 0.05) is 13.2 Å². The van der Waals surface area contributed by atoms with Crippen molar-refractivity contribution in [2.24, 2.45) is 10.7 Å². The molecule has 1 unspecified atom stereocenters. The van der Waals surface area contributed by atoms with E-state index in [1.54, 1.807) is 0 Å². The molecule has 3 nitrogen and oxygen atoms in total. The zero-order valence-electron chi connectivity index (χ0n) is 7.05. The van der Waals surface area contributed by atoms with E-state index < -0.39 is 0 Å². The van der Waals surface area contributed by atoms with E-state index >= 15 is 0 Å². The summed E-state index contributed by atoms with van der Waals surface area (Å²) in [5.41, 5.74) is 5.48. The Labute approximate surface area is 67.6 Å². The third-order valence-corrected chi connectivity index (χ3v) is 1.81. The van der Waals surface area contributed by atoms with E-state index in [0.717, 1.165) is 32.5 Å². The summed E-state index contributed by atoms with van der Waals surface area (Å²) < 4.78 is 5.30. The summed E-state index contributed by atoms with van der Waals surface area (Å²) in [6.07, 6.45) is 3.25. The van der Waals surface area contributed by atoms with Crippen LogP contribution in [0.25, 0.3) is 0 Å². The lowest BCUT2D eigenvalue weighted by molar-refractivity contribution is 0.143. The molecule has 1 aliphatic rings. The van der Waals surface area contributed by atoms with Gasteiger partial charge in [0.05, 0.1) is 11.9 Å². The van der Waals surface area contributed by atoms with E-state index in [1.165, 1.54) is 0 Å². The van der Waals surface area contributed by atoms with Crippen LogP contribution in [0.4, 0.5) is 0 Å². The van der Waals surface area contributed by atoms with Crippen LogP contribution in [0, 0.1) is 0 Å². The Morgan fingerprint density at radius 3 is 3.00 bits per heavy atom. The Balaban J connectivity index is 2.37. The molecule has 0 aromatic carbocycles. The van der Waals surface area contributed by atoms with Gasteiger partial charge >= 0.3 is 0 Å². The van der Waals surface area contributed by atoms with Crippen LogP contribution in [0.2, 0.25) is 0 Å². The minimum Gasteiger partial charge on any atom is -0.388 e. The van der Waals surface area contributed by atoms with Gasteiger partial charge < -0.3 is 10.5 Å². The maximum absolute atomic E-state index is 5.48. The van der Waals surface area contributed by atoms with Crippen LogP contribution >= 0.6 is 0 Å². The molecular weight excluding hydrogens is 140 g/mol. The van der Waals surface area contributed by atoms with Gasteiger partial charge in [0.15, 0.2) is 0 Å². The second kappa shape index (κ2) is 4.34. The number of ether oxygens (including phenoxy) is 1. The summed E-state index contributed by atoms with van der Waals surface area (Å²) >= 11 is 0. The fraction of sp³-hybridized carbons (Fsp3) is 0.875. The van der Waals surface area contributed by atoms with Crippen molar-refractivity contribution in [3.05, 3.63) is 0 Å². The third-order valence-electron chi connectivity index (χ3n) is 1.81. The van der Waals surface area contributed by atoms with E-state index in [4.69, 9.17) is 10.5 Å². The highest BCUT2D eigenvalue weighted by Gasteiger charge is 2.10. The van der Waals surface area contributed by atoms with Crippen LogP contribution in [0.1, 0.15) is 26.2 Å². The molecule has 0 aromatic heterocycles. The first-order valence-electron chi connectivity index (χ1n) is 4.16. The maximum atomic E-state index is 5.48. The first-order chi connectivity index (χ1) is 5.29. The Kier molecular flexibility index (Phi) is 3.36. The minimum absolute atomic E-state index is 0.405. The molecule has 0 spiro atoms. The Hall–Kier alpha value is -0.570. The molecule has 2 N–H and O–H groups in total. The molecule has 1 fully saturated rings. The molecule has 1 saturated heterocycles. The standard InChI is InChI=1S/C8H16N2O/c1-7(9)10-8-3-2-5-11-6-4-8/h8H,2-6H2,1H3,(H2,9,10). The average molecular weight is 156 g/mol. The van der Waals surface area contributed by atoms with Crippen molar-refractivity contribution in [2.75, 3.05) is 13.2 Å². The van der Waals surface area contributed by atoms with Crippen molar-refractivity contribution in [3.63, 3.8) is 0 Å². The number of nitrogens with two attached hydrogens (primary N) is 1. The number of rotatable bonds is 1. The van der Waals surface area contributed by atoms with Gasteiger partial charge in [-0.15, -0.1) is 0 Å². The number of aliphatic imine (C=N–C) groups is 1. The Bertz CT molecular complexity index is 133. The van der Waals surface area contributed by atoms with Gasteiger partial charge in [-0.05, 0) is 26.2 Å². The summed E-state index contributed by atoms with van der Waals surface area (Å²) in [4.78, 5) is 4.31. The lowest BCUT2D eigenvalue weighted by Crippen LogP contribution is -2.13. The monoisotopic (exact) mass is 156 g/mol. The summed E-state index contributed by atoms with van der Waals surface area (Å²) in [6, 6.07) is 0.405. The number of hydrogen-bond acceptors (Lipinski definition) is 2. The maximum Gasteiger partial charge on any atom is 0.0909 e. The van der Waals surface area contributed by atoms with Crippen molar-refractivity contribution in [3.8, 4) is 0 Å². The van der Waals surface area contributed by atoms with E-state index in [2.05, 4.69) is 4.99 Å². The molecule has 0 aliphatic carbocycles. The molecule has 0 bridgehead atoms. The zero-order valence-corrected chi connectivity index (χ0v) is 7.05. The van der Waals surface area contributed by atoms with E-state index in [1.807, 2.05) is 6.92 Å². The first kappa shape index (κ1) is 8.53. The fourth-order valence-electron chi connectivity index (χ4n) is 1.30. The molecule has 3 heteroatoms. The van der Waals surface area contributed by atoms with Gasteiger partial charge in [-0.2, -0.15) is 0 Å². The summed E-state index contributed by atoms with van der Waals surface area (Å²) in [5.74, 6) is 0.692. The molecule has 0 radical (unpaired) electrons. The van der Waals surface area contributed by atoms with Crippen LogP contribution in [-0.2, 0) is 4.74 Å². The third kappa shape index (κ3) is 3.37. The molecule has 1 atom stereocenters. The SMILES string of the molecule is CC(N)=NC1CCCOCC1. The highest BCUT2D eigenvalue weighted by atomic mass is 16.5. The van der Waals surface area contributed by atoms with Crippen LogP contribution in [0.5, 0.6) is 0 Å². The summed E-state index contributed by atoms with van der Waals surface area (Å²) in [6.45, 7) is 3.56. The first-order valence-corrected chi connectivity index (χ1v) is 4.16. The molecule has 11 heavy (non-hydrogen) atoms. The minimum atomic E-state index is 0.405. The molecule has 0 saturated carbocycles. The summed E-state index contributed by atoms with van der Waals surface area (Å²) in [7, 11) is 0. The summed E-state index contributed by atoms with van der Waals surface area (Å²) in [5, 5.41) is 0. The van der Waals surface area contributed by atoms with Crippen molar-refractivity contribution < 1.29 is 4.74 Å². The van der Waals surface area contributed by atoms with Gasteiger partial charge in [-0.25, -0.2) is 0 Å². The number of hydrogen-bond donors (Lipinski definition) is 1. The quantitative estimate of drug-likeness (QED) is 0.453. The molecular formula is C8H16N2O. The molecule has 1 aliphatic heterocycles. The van der Waals surface area contributed by atoms with Gasteiger partial charge in [0.25, 0.3) is 0 Å². The van der Waals surface area contributed by atoms with Crippen molar-refractivity contribution in [2.45, 2.75) is 32.2 Å². The molecule has 1 heterocycles. The molecule has 64 valence electrons. The predicted molar refractivity (Wildman–Crippen MR) is 45.8 cm³/mol. The van der Waals surface area contributed by atoms with Crippen LogP contribution in [0.15, 0.2) is 4.99 Å². The van der Waals surface area contributed by atoms with Gasteiger partial charge in [-0.1, -0.05) is 0 Å².